The van der Waals surface area contributed by atoms with Gasteiger partial charge in [-0.2, -0.15) is 0 Å². The monoisotopic (exact) mass is 237 g/mol. The molecule has 0 saturated heterocycles. The molecular weight excluding hydrogens is 213 g/mol. The number of hydrogen-bond acceptors (Lipinski definition) is 1. The quantitative estimate of drug-likeness (QED) is 0.829. The van der Waals surface area contributed by atoms with Gasteiger partial charge in [0.25, 0.3) is 0 Å². The van der Waals surface area contributed by atoms with Gasteiger partial charge in [0, 0.05) is 0 Å². The molecule has 1 aromatic carbocycles. The molecule has 0 saturated carbocycles. The van der Waals surface area contributed by atoms with E-state index in [2.05, 4.69) is 20.8 Å². The Balaban J connectivity index is 2.52. The molecule has 0 spiro atoms. The smallest absolute Gasteiger partial charge is 0.123 e. The Morgan fingerprint density at radius 2 is 2.00 bits per heavy atom. The van der Waals surface area contributed by atoms with Crippen LogP contribution < -0.4 is 5.73 Å². The van der Waals surface area contributed by atoms with Crippen molar-refractivity contribution >= 4 is 0 Å². The molecule has 0 bridgehead atoms. The second kappa shape index (κ2) is 6.15. The first kappa shape index (κ1) is 14.2. The third-order valence-electron chi connectivity index (χ3n) is 3.05. The average Bonchev–Trinajstić information content (AvgIpc) is 2.23. The summed E-state index contributed by atoms with van der Waals surface area (Å²) >= 11 is 0. The van der Waals surface area contributed by atoms with Crippen molar-refractivity contribution in [2.75, 3.05) is 6.54 Å². The van der Waals surface area contributed by atoms with Crippen LogP contribution in [-0.4, -0.2) is 6.54 Å². The molecule has 1 atom stereocenters. The van der Waals surface area contributed by atoms with Gasteiger partial charge in [0.2, 0.25) is 0 Å². The van der Waals surface area contributed by atoms with Gasteiger partial charge in [-0.25, -0.2) is 4.39 Å². The standard InChI is InChI=1S/C15H24FN/c1-15(2,3)8-7-13(11-17)9-12-5-4-6-14(16)10-12/h4-6,10,13H,7-9,11,17H2,1-3H3. The predicted octanol–water partition coefficient (Wildman–Crippen LogP) is 3.77. The molecular formula is C15H24FN. The molecule has 1 unspecified atom stereocenters. The van der Waals surface area contributed by atoms with Crippen LogP contribution in [0.15, 0.2) is 24.3 Å². The first-order valence-electron chi connectivity index (χ1n) is 6.35. The van der Waals surface area contributed by atoms with E-state index in [1.54, 1.807) is 12.1 Å². The summed E-state index contributed by atoms with van der Waals surface area (Å²) in [6.07, 6.45) is 3.14. The third kappa shape index (κ3) is 5.83. The van der Waals surface area contributed by atoms with Crippen LogP contribution in [-0.2, 0) is 6.42 Å². The summed E-state index contributed by atoms with van der Waals surface area (Å²) in [6.45, 7) is 7.39. The second-order valence-electron chi connectivity index (χ2n) is 6.04. The first-order chi connectivity index (χ1) is 7.90. The van der Waals surface area contributed by atoms with Crippen LogP contribution in [0.2, 0.25) is 0 Å². The van der Waals surface area contributed by atoms with E-state index < -0.39 is 0 Å². The lowest BCUT2D eigenvalue weighted by atomic mass is 9.85. The van der Waals surface area contributed by atoms with Crippen molar-refractivity contribution in [3.8, 4) is 0 Å². The zero-order chi connectivity index (χ0) is 12.9. The maximum atomic E-state index is 13.1. The summed E-state index contributed by atoms with van der Waals surface area (Å²) in [6, 6.07) is 6.83. The molecule has 0 radical (unpaired) electrons. The van der Waals surface area contributed by atoms with Crippen LogP contribution in [0.1, 0.15) is 39.2 Å². The van der Waals surface area contributed by atoms with Crippen molar-refractivity contribution in [2.45, 2.75) is 40.0 Å². The van der Waals surface area contributed by atoms with Crippen LogP contribution in [0, 0.1) is 17.2 Å². The highest BCUT2D eigenvalue weighted by atomic mass is 19.1. The second-order valence-corrected chi connectivity index (χ2v) is 6.04. The maximum Gasteiger partial charge on any atom is 0.123 e. The zero-order valence-corrected chi connectivity index (χ0v) is 11.2. The van der Waals surface area contributed by atoms with Crippen LogP contribution in [0.5, 0.6) is 0 Å². The lowest BCUT2D eigenvalue weighted by molar-refractivity contribution is 0.323. The van der Waals surface area contributed by atoms with Crippen molar-refractivity contribution < 1.29 is 4.39 Å². The van der Waals surface area contributed by atoms with Gasteiger partial charge >= 0.3 is 0 Å². The highest BCUT2D eigenvalue weighted by Crippen LogP contribution is 2.25. The van der Waals surface area contributed by atoms with E-state index >= 15 is 0 Å². The Hall–Kier alpha value is -0.890. The van der Waals surface area contributed by atoms with Crippen molar-refractivity contribution in [2.24, 2.45) is 17.1 Å². The number of benzene rings is 1. The fraction of sp³-hybridized carbons (Fsp3) is 0.600. The topological polar surface area (TPSA) is 26.0 Å². The molecule has 1 nitrogen and oxygen atoms in total. The van der Waals surface area contributed by atoms with Gasteiger partial charge in [0.1, 0.15) is 5.82 Å². The molecule has 2 N–H and O–H groups in total. The number of hydrogen-bond donors (Lipinski definition) is 1. The van der Waals surface area contributed by atoms with Gasteiger partial charge in [0.05, 0.1) is 0 Å². The summed E-state index contributed by atoms with van der Waals surface area (Å²) in [7, 11) is 0. The molecule has 0 aromatic heterocycles. The minimum absolute atomic E-state index is 0.158. The molecule has 17 heavy (non-hydrogen) atoms. The molecule has 1 rings (SSSR count). The maximum absolute atomic E-state index is 13.1. The van der Waals surface area contributed by atoms with Crippen LogP contribution in [0.25, 0.3) is 0 Å². The Labute approximate surface area is 104 Å². The Morgan fingerprint density at radius 3 is 2.53 bits per heavy atom. The summed E-state index contributed by atoms with van der Waals surface area (Å²) in [5.74, 6) is 0.296. The minimum atomic E-state index is -0.158. The van der Waals surface area contributed by atoms with Crippen molar-refractivity contribution in [3.05, 3.63) is 35.6 Å². The number of nitrogens with two attached hydrogens (primary N) is 1. The molecule has 96 valence electrons. The summed E-state index contributed by atoms with van der Waals surface area (Å²) in [5, 5.41) is 0. The fourth-order valence-corrected chi connectivity index (χ4v) is 1.94. The lowest BCUT2D eigenvalue weighted by Gasteiger charge is -2.22. The lowest BCUT2D eigenvalue weighted by Crippen LogP contribution is -2.19. The Kier molecular flexibility index (Phi) is 5.13. The normalized spacial score (nSPS) is 13.7. The van der Waals surface area contributed by atoms with E-state index in [0.29, 0.717) is 17.9 Å². The van der Waals surface area contributed by atoms with E-state index in [1.807, 2.05) is 6.07 Å². The van der Waals surface area contributed by atoms with E-state index in [0.717, 1.165) is 24.8 Å². The largest absolute Gasteiger partial charge is 0.330 e. The van der Waals surface area contributed by atoms with Crippen LogP contribution in [0.3, 0.4) is 0 Å². The number of rotatable bonds is 5. The third-order valence-corrected chi connectivity index (χ3v) is 3.05. The van der Waals surface area contributed by atoms with Gasteiger partial charge in [0.15, 0.2) is 0 Å². The van der Waals surface area contributed by atoms with Crippen molar-refractivity contribution in [1.82, 2.24) is 0 Å². The van der Waals surface area contributed by atoms with Crippen LogP contribution in [0.4, 0.5) is 4.39 Å². The highest BCUT2D eigenvalue weighted by molar-refractivity contribution is 5.16. The fourth-order valence-electron chi connectivity index (χ4n) is 1.94. The van der Waals surface area contributed by atoms with Gasteiger partial charge in [-0.3, -0.25) is 0 Å². The molecule has 0 aliphatic heterocycles. The molecule has 0 aliphatic rings. The SMILES string of the molecule is CC(C)(C)CCC(CN)Cc1cccc(F)c1. The Bertz CT molecular complexity index is 341. The summed E-state index contributed by atoms with van der Waals surface area (Å²) in [4.78, 5) is 0. The molecule has 0 aliphatic carbocycles. The summed E-state index contributed by atoms with van der Waals surface area (Å²) < 4.78 is 13.1. The van der Waals surface area contributed by atoms with E-state index in [4.69, 9.17) is 5.73 Å². The minimum Gasteiger partial charge on any atom is -0.330 e. The zero-order valence-electron chi connectivity index (χ0n) is 11.2. The first-order valence-corrected chi connectivity index (χ1v) is 6.35. The van der Waals surface area contributed by atoms with Crippen LogP contribution >= 0.6 is 0 Å². The number of halogens is 1. The molecule has 0 amide bonds. The van der Waals surface area contributed by atoms with Crippen molar-refractivity contribution in [1.29, 1.82) is 0 Å². The Morgan fingerprint density at radius 1 is 1.29 bits per heavy atom. The summed E-state index contributed by atoms with van der Waals surface area (Å²) in [5.41, 5.74) is 7.19. The molecule has 1 aromatic rings. The van der Waals surface area contributed by atoms with Crippen molar-refractivity contribution in [3.63, 3.8) is 0 Å². The predicted molar refractivity (Wildman–Crippen MR) is 71.3 cm³/mol. The van der Waals surface area contributed by atoms with E-state index in [-0.39, 0.29) is 5.82 Å². The van der Waals surface area contributed by atoms with Gasteiger partial charge in [-0.1, -0.05) is 32.9 Å². The highest BCUT2D eigenvalue weighted by Gasteiger charge is 2.15. The molecule has 0 fully saturated rings. The van der Waals surface area contributed by atoms with E-state index in [9.17, 15) is 4.39 Å². The van der Waals surface area contributed by atoms with Gasteiger partial charge in [-0.15, -0.1) is 0 Å². The van der Waals surface area contributed by atoms with Gasteiger partial charge < -0.3 is 5.73 Å². The van der Waals surface area contributed by atoms with Gasteiger partial charge in [-0.05, 0) is 54.8 Å². The molecule has 0 heterocycles. The molecule has 2 heteroatoms. The van der Waals surface area contributed by atoms with E-state index in [1.165, 1.54) is 6.07 Å². The average molecular weight is 237 g/mol.